The maximum absolute atomic E-state index is 14.0. The maximum atomic E-state index is 14.0. The van der Waals surface area contributed by atoms with Crippen molar-refractivity contribution >= 4 is 11.6 Å². The molecule has 0 aliphatic rings. The number of nitrogens with one attached hydrogen (secondary N) is 1. The van der Waals surface area contributed by atoms with E-state index in [1.165, 1.54) is 0 Å². The summed E-state index contributed by atoms with van der Waals surface area (Å²) < 4.78 is 19.5. The van der Waals surface area contributed by atoms with E-state index in [0.717, 1.165) is 11.3 Å². The largest absolute Gasteiger partial charge is 0.494 e. The van der Waals surface area contributed by atoms with Crippen molar-refractivity contribution in [1.82, 2.24) is 5.32 Å². The first kappa shape index (κ1) is 15.8. The molecule has 2 aromatic carbocycles. The van der Waals surface area contributed by atoms with Gasteiger partial charge >= 0.3 is 0 Å². The molecule has 0 heterocycles. The molecule has 1 unspecified atom stereocenters. The van der Waals surface area contributed by atoms with Gasteiger partial charge in [0.2, 0.25) is 0 Å². The highest BCUT2D eigenvalue weighted by Gasteiger charge is 2.15. The Morgan fingerprint density at radius 1 is 1.24 bits per heavy atom. The number of ether oxygens (including phenoxy) is 1. The third-order valence-electron chi connectivity index (χ3n) is 3.38. The lowest BCUT2D eigenvalue weighted by Crippen LogP contribution is -2.19. The molecule has 1 atom stereocenters. The average Bonchev–Trinajstić information content (AvgIpc) is 2.49. The van der Waals surface area contributed by atoms with E-state index in [1.807, 2.05) is 38.2 Å². The molecule has 0 amide bonds. The summed E-state index contributed by atoms with van der Waals surface area (Å²) in [6.07, 6.45) is 0.526. The van der Waals surface area contributed by atoms with Crippen LogP contribution in [0, 0.1) is 5.82 Å². The fourth-order valence-corrected chi connectivity index (χ4v) is 2.49. The number of likely N-dealkylation sites (N-methyl/N-ethyl adjacent to an activating group) is 1. The summed E-state index contributed by atoms with van der Waals surface area (Å²) in [5.74, 6) is 0.474. The van der Waals surface area contributed by atoms with Crippen LogP contribution in [-0.2, 0) is 6.42 Å². The zero-order valence-corrected chi connectivity index (χ0v) is 13.0. The van der Waals surface area contributed by atoms with Crippen LogP contribution in [0.5, 0.6) is 5.75 Å². The van der Waals surface area contributed by atoms with E-state index in [4.69, 9.17) is 16.3 Å². The lowest BCUT2D eigenvalue weighted by molar-refractivity contribution is 0.339. The number of halogens is 2. The zero-order valence-electron chi connectivity index (χ0n) is 12.2. The van der Waals surface area contributed by atoms with Crippen LogP contribution in [0.15, 0.2) is 42.5 Å². The molecule has 0 saturated carbocycles. The summed E-state index contributed by atoms with van der Waals surface area (Å²) in [7, 11) is 1.86. The molecule has 0 aliphatic carbocycles. The number of hydrogen-bond acceptors (Lipinski definition) is 2. The van der Waals surface area contributed by atoms with Crippen molar-refractivity contribution in [2.24, 2.45) is 0 Å². The van der Waals surface area contributed by atoms with Gasteiger partial charge in [-0.3, -0.25) is 0 Å². The van der Waals surface area contributed by atoms with Gasteiger partial charge in [0.05, 0.1) is 11.6 Å². The Labute approximate surface area is 129 Å². The van der Waals surface area contributed by atoms with Crippen LogP contribution in [-0.4, -0.2) is 13.7 Å². The van der Waals surface area contributed by atoms with Crippen LogP contribution in [0.1, 0.15) is 24.1 Å². The first-order valence-corrected chi connectivity index (χ1v) is 7.36. The monoisotopic (exact) mass is 307 g/mol. The Morgan fingerprint density at radius 3 is 2.71 bits per heavy atom. The van der Waals surface area contributed by atoms with Gasteiger partial charge in [-0.1, -0.05) is 35.9 Å². The van der Waals surface area contributed by atoms with Crippen LogP contribution in [0.25, 0.3) is 0 Å². The van der Waals surface area contributed by atoms with Crippen LogP contribution < -0.4 is 10.1 Å². The van der Waals surface area contributed by atoms with Gasteiger partial charge in [0.15, 0.2) is 0 Å². The lowest BCUT2D eigenvalue weighted by atomic mass is 9.98. The lowest BCUT2D eigenvalue weighted by Gasteiger charge is -2.18. The predicted molar refractivity (Wildman–Crippen MR) is 84.5 cm³/mol. The third kappa shape index (κ3) is 3.96. The van der Waals surface area contributed by atoms with E-state index in [-0.39, 0.29) is 16.9 Å². The molecule has 2 rings (SSSR count). The highest BCUT2D eigenvalue weighted by molar-refractivity contribution is 6.30. The van der Waals surface area contributed by atoms with E-state index in [1.54, 1.807) is 18.2 Å². The van der Waals surface area contributed by atoms with Gasteiger partial charge in [0.25, 0.3) is 0 Å². The second-order valence-corrected chi connectivity index (χ2v) is 5.17. The van der Waals surface area contributed by atoms with Crippen molar-refractivity contribution in [2.45, 2.75) is 19.4 Å². The Morgan fingerprint density at radius 2 is 2.00 bits per heavy atom. The van der Waals surface area contributed by atoms with Gasteiger partial charge in [-0.05, 0) is 49.7 Å². The second-order valence-electron chi connectivity index (χ2n) is 4.76. The van der Waals surface area contributed by atoms with Crippen molar-refractivity contribution in [2.75, 3.05) is 13.7 Å². The molecule has 0 fully saturated rings. The molecule has 0 radical (unpaired) electrons. The Bertz CT molecular complexity index is 603. The first-order chi connectivity index (χ1) is 10.2. The smallest absolute Gasteiger partial charge is 0.145 e. The molecular weight excluding hydrogens is 289 g/mol. The van der Waals surface area contributed by atoms with Crippen molar-refractivity contribution in [3.8, 4) is 5.75 Å². The molecule has 1 N–H and O–H groups in total. The number of hydrogen-bond donors (Lipinski definition) is 1. The topological polar surface area (TPSA) is 21.3 Å². The van der Waals surface area contributed by atoms with Crippen LogP contribution in [0.2, 0.25) is 5.02 Å². The van der Waals surface area contributed by atoms with Crippen molar-refractivity contribution < 1.29 is 9.13 Å². The molecule has 0 aliphatic heterocycles. The standard InChI is InChI=1S/C17H19ClFNO/c1-3-21-14-8-4-6-12(10-14)16(20-2)11-13-7-5-9-15(18)17(13)19/h4-10,16,20H,3,11H2,1-2H3. The summed E-state index contributed by atoms with van der Waals surface area (Å²) in [6.45, 7) is 2.57. The molecule has 2 nitrogen and oxygen atoms in total. The molecule has 21 heavy (non-hydrogen) atoms. The molecule has 0 aromatic heterocycles. The molecule has 0 saturated heterocycles. The molecule has 4 heteroatoms. The average molecular weight is 308 g/mol. The Kier molecular flexibility index (Phi) is 5.59. The van der Waals surface area contributed by atoms with E-state index in [0.29, 0.717) is 18.6 Å². The van der Waals surface area contributed by atoms with Crippen molar-refractivity contribution in [1.29, 1.82) is 0 Å². The summed E-state index contributed by atoms with van der Waals surface area (Å²) >= 11 is 5.84. The van der Waals surface area contributed by atoms with E-state index < -0.39 is 0 Å². The zero-order chi connectivity index (χ0) is 15.2. The molecule has 0 spiro atoms. The summed E-state index contributed by atoms with van der Waals surface area (Å²) in [5, 5.41) is 3.38. The number of rotatable bonds is 6. The Hall–Kier alpha value is -1.58. The van der Waals surface area contributed by atoms with Gasteiger partial charge in [-0.15, -0.1) is 0 Å². The second kappa shape index (κ2) is 7.43. The molecule has 2 aromatic rings. The van der Waals surface area contributed by atoms with E-state index in [2.05, 4.69) is 5.32 Å². The maximum Gasteiger partial charge on any atom is 0.145 e. The Balaban J connectivity index is 2.23. The quantitative estimate of drug-likeness (QED) is 0.855. The van der Waals surface area contributed by atoms with Crippen molar-refractivity contribution in [3.63, 3.8) is 0 Å². The van der Waals surface area contributed by atoms with Crippen LogP contribution in [0.3, 0.4) is 0 Å². The fourth-order valence-electron chi connectivity index (χ4n) is 2.30. The summed E-state index contributed by atoms with van der Waals surface area (Å²) in [5.41, 5.74) is 1.66. The van der Waals surface area contributed by atoms with Gasteiger partial charge in [0.1, 0.15) is 11.6 Å². The van der Waals surface area contributed by atoms with Gasteiger partial charge in [-0.25, -0.2) is 4.39 Å². The minimum absolute atomic E-state index is 0.00151. The first-order valence-electron chi connectivity index (χ1n) is 6.98. The van der Waals surface area contributed by atoms with Gasteiger partial charge < -0.3 is 10.1 Å². The third-order valence-corrected chi connectivity index (χ3v) is 3.67. The van der Waals surface area contributed by atoms with Crippen molar-refractivity contribution in [3.05, 3.63) is 64.4 Å². The molecule has 112 valence electrons. The van der Waals surface area contributed by atoms with E-state index in [9.17, 15) is 4.39 Å². The van der Waals surface area contributed by atoms with Gasteiger partial charge in [-0.2, -0.15) is 0 Å². The molecular formula is C17H19ClFNO. The van der Waals surface area contributed by atoms with E-state index >= 15 is 0 Å². The molecule has 0 bridgehead atoms. The highest BCUT2D eigenvalue weighted by atomic mass is 35.5. The SMILES string of the molecule is CCOc1cccc(C(Cc2cccc(Cl)c2F)NC)c1. The van der Waals surface area contributed by atoms with Crippen LogP contribution >= 0.6 is 11.6 Å². The van der Waals surface area contributed by atoms with Gasteiger partial charge in [0, 0.05) is 6.04 Å². The van der Waals surface area contributed by atoms with Crippen LogP contribution in [0.4, 0.5) is 4.39 Å². The summed E-state index contributed by atoms with van der Waals surface area (Å²) in [4.78, 5) is 0. The normalized spacial score (nSPS) is 12.2. The predicted octanol–water partition coefficient (Wildman–Crippen LogP) is 4.38. The minimum Gasteiger partial charge on any atom is -0.494 e. The number of benzene rings is 2. The fraction of sp³-hybridized carbons (Fsp3) is 0.294. The summed E-state index contributed by atoms with van der Waals surface area (Å²) in [6, 6.07) is 12.9. The highest BCUT2D eigenvalue weighted by Crippen LogP contribution is 2.25. The minimum atomic E-state index is -0.347.